The highest BCUT2D eigenvalue weighted by atomic mass is 17.1. The molecule has 0 aromatic rings. The summed E-state index contributed by atoms with van der Waals surface area (Å²) < 4.78 is 0. The minimum atomic E-state index is -1.11. The van der Waals surface area contributed by atoms with Crippen LogP contribution in [0.5, 0.6) is 0 Å². The monoisotopic (exact) mass is 360 g/mol. The van der Waals surface area contributed by atoms with E-state index < -0.39 is 5.97 Å². The molecule has 0 aliphatic rings. The molecule has 4 nitrogen and oxygen atoms in total. The van der Waals surface area contributed by atoms with Crippen molar-refractivity contribution in [1.29, 1.82) is 0 Å². The fraction of sp³-hybridized carbons (Fsp3) is 0.409. The maximum atomic E-state index is 10.3. The molecule has 0 aliphatic carbocycles. The third-order valence-corrected chi connectivity index (χ3v) is 3.53. The molecule has 0 fully saturated rings. The highest BCUT2D eigenvalue weighted by Gasteiger charge is 1.91. The van der Waals surface area contributed by atoms with E-state index in [-0.39, 0.29) is 5.76 Å². The van der Waals surface area contributed by atoms with Gasteiger partial charge in [-0.1, -0.05) is 94.1 Å². The second-order valence-corrected chi connectivity index (χ2v) is 5.82. The summed E-state index contributed by atoms with van der Waals surface area (Å²) in [4.78, 5) is 14.4. The quantitative estimate of drug-likeness (QED) is 0.0889. The van der Waals surface area contributed by atoms with Gasteiger partial charge in [0, 0.05) is 6.08 Å². The number of hydrogen-bond acceptors (Lipinski definition) is 3. The Morgan fingerprint density at radius 3 is 2.00 bits per heavy atom. The van der Waals surface area contributed by atoms with Gasteiger partial charge < -0.3 is 9.99 Å². The Hall–Kier alpha value is -2.33. The summed E-state index contributed by atoms with van der Waals surface area (Å²) in [6.07, 6.45) is 29.2. The van der Waals surface area contributed by atoms with Crippen LogP contribution in [0.3, 0.4) is 0 Å². The third kappa shape index (κ3) is 18.0. The van der Waals surface area contributed by atoms with Gasteiger partial charge in [0.1, 0.15) is 0 Å². The van der Waals surface area contributed by atoms with Crippen molar-refractivity contribution in [2.75, 3.05) is 0 Å². The summed E-state index contributed by atoms with van der Waals surface area (Å²) in [5, 5.41) is 17.1. The van der Waals surface area contributed by atoms with Gasteiger partial charge in [-0.3, -0.25) is 0 Å². The Bertz CT molecular complexity index is 522. The molecule has 0 amide bonds. The van der Waals surface area contributed by atoms with E-state index in [9.17, 15) is 4.79 Å². The van der Waals surface area contributed by atoms with Crippen LogP contribution in [0.15, 0.2) is 72.6 Å². The number of carboxylic acids is 1. The van der Waals surface area contributed by atoms with Crippen LogP contribution in [-0.4, -0.2) is 16.3 Å². The Balaban J connectivity index is 3.84. The van der Waals surface area contributed by atoms with Crippen LogP contribution in [0.2, 0.25) is 0 Å². The molecule has 0 rings (SSSR count). The molecule has 0 saturated carbocycles. The van der Waals surface area contributed by atoms with Crippen LogP contribution >= 0.6 is 0 Å². The summed E-state index contributed by atoms with van der Waals surface area (Å²) in [7, 11) is 0. The summed E-state index contributed by atoms with van der Waals surface area (Å²) in [5.41, 5.74) is 0. The van der Waals surface area contributed by atoms with E-state index in [2.05, 4.69) is 24.0 Å². The molecule has 0 heterocycles. The zero-order valence-corrected chi connectivity index (χ0v) is 15.7. The Morgan fingerprint density at radius 2 is 1.38 bits per heavy atom. The zero-order valence-electron chi connectivity index (χ0n) is 15.7. The lowest BCUT2D eigenvalue weighted by atomic mass is 10.1. The van der Waals surface area contributed by atoms with Crippen LogP contribution in [0.25, 0.3) is 0 Å². The number of carbonyl (C=O) groups is 1. The second-order valence-electron chi connectivity index (χ2n) is 5.82. The lowest BCUT2D eigenvalue weighted by Gasteiger charge is -1.98. The molecule has 0 aromatic carbocycles. The van der Waals surface area contributed by atoms with Crippen LogP contribution in [0, 0.1) is 0 Å². The number of unbranched alkanes of at least 4 members (excludes halogenated alkanes) is 7. The summed E-state index contributed by atoms with van der Waals surface area (Å²) >= 11 is 0. The largest absolute Gasteiger partial charge is 0.478 e. The van der Waals surface area contributed by atoms with Gasteiger partial charge in [-0.25, -0.2) is 10.1 Å². The SMILES string of the molecule is CCCCCCCCCC=CC=CC=CC=CC=C(C=CC(=O)O)OO. The lowest BCUT2D eigenvalue weighted by molar-refractivity contribution is -0.198. The van der Waals surface area contributed by atoms with Gasteiger partial charge in [0.15, 0.2) is 5.76 Å². The van der Waals surface area contributed by atoms with Gasteiger partial charge in [0.05, 0.1) is 0 Å². The molecular formula is C22H32O4. The predicted octanol–water partition coefficient (Wildman–Crippen LogP) is 6.37. The van der Waals surface area contributed by atoms with E-state index in [4.69, 9.17) is 10.4 Å². The first-order chi connectivity index (χ1) is 12.7. The van der Waals surface area contributed by atoms with Gasteiger partial charge in [0.2, 0.25) is 0 Å². The molecule has 2 N–H and O–H groups in total. The van der Waals surface area contributed by atoms with Crippen molar-refractivity contribution < 1.29 is 20.0 Å². The van der Waals surface area contributed by atoms with Crippen molar-refractivity contribution in [2.24, 2.45) is 0 Å². The average Bonchev–Trinajstić information content (AvgIpc) is 2.63. The van der Waals surface area contributed by atoms with Crippen molar-refractivity contribution in [3.63, 3.8) is 0 Å². The number of carboxylic acid groups (broad SMARTS) is 1. The smallest absolute Gasteiger partial charge is 0.328 e. The maximum absolute atomic E-state index is 10.3. The molecule has 0 saturated heterocycles. The first kappa shape index (κ1) is 23.7. The van der Waals surface area contributed by atoms with Crippen molar-refractivity contribution in [3.05, 3.63) is 72.6 Å². The first-order valence-electron chi connectivity index (χ1n) is 9.30. The van der Waals surface area contributed by atoms with E-state index >= 15 is 0 Å². The lowest BCUT2D eigenvalue weighted by Crippen LogP contribution is -1.88. The zero-order chi connectivity index (χ0) is 19.3. The van der Waals surface area contributed by atoms with Gasteiger partial charge in [-0.05, 0) is 25.0 Å². The van der Waals surface area contributed by atoms with Crippen molar-refractivity contribution in [2.45, 2.75) is 58.3 Å². The molecular weight excluding hydrogens is 328 g/mol. The Morgan fingerprint density at radius 1 is 0.808 bits per heavy atom. The number of allylic oxidation sites excluding steroid dienone is 10. The fourth-order valence-corrected chi connectivity index (χ4v) is 2.14. The molecule has 0 spiro atoms. The van der Waals surface area contributed by atoms with Crippen molar-refractivity contribution in [3.8, 4) is 0 Å². The molecule has 144 valence electrons. The van der Waals surface area contributed by atoms with Crippen LogP contribution in [-0.2, 0) is 9.68 Å². The molecule has 26 heavy (non-hydrogen) atoms. The molecule has 0 atom stereocenters. The topological polar surface area (TPSA) is 66.8 Å². The van der Waals surface area contributed by atoms with E-state index in [0.717, 1.165) is 18.6 Å². The van der Waals surface area contributed by atoms with Crippen LogP contribution < -0.4 is 0 Å². The van der Waals surface area contributed by atoms with Crippen LogP contribution in [0.4, 0.5) is 0 Å². The van der Waals surface area contributed by atoms with Gasteiger partial charge in [-0.2, -0.15) is 0 Å². The number of aliphatic carboxylic acids is 1. The third-order valence-electron chi connectivity index (χ3n) is 3.53. The fourth-order valence-electron chi connectivity index (χ4n) is 2.14. The first-order valence-corrected chi connectivity index (χ1v) is 9.30. The summed E-state index contributed by atoms with van der Waals surface area (Å²) in [6, 6.07) is 0. The van der Waals surface area contributed by atoms with Gasteiger partial charge in [0.25, 0.3) is 0 Å². The van der Waals surface area contributed by atoms with Crippen molar-refractivity contribution >= 4 is 5.97 Å². The Labute approximate surface area is 157 Å². The average molecular weight is 360 g/mol. The van der Waals surface area contributed by atoms with Gasteiger partial charge in [-0.15, -0.1) is 0 Å². The van der Waals surface area contributed by atoms with Crippen molar-refractivity contribution in [1.82, 2.24) is 0 Å². The second kappa shape index (κ2) is 19.0. The maximum Gasteiger partial charge on any atom is 0.328 e. The molecule has 0 aromatic heterocycles. The highest BCUT2D eigenvalue weighted by molar-refractivity contribution is 5.80. The molecule has 0 bridgehead atoms. The van der Waals surface area contributed by atoms with E-state index in [1.165, 1.54) is 51.0 Å². The predicted molar refractivity (Wildman–Crippen MR) is 108 cm³/mol. The highest BCUT2D eigenvalue weighted by Crippen LogP contribution is 2.08. The van der Waals surface area contributed by atoms with E-state index in [1.54, 1.807) is 12.2 Å². The summed E-state index contributed by atoms with van der Waals surface area (Å²) in [5.74, 6) is -1.07. The number of hydrogen-bond donors (Lipinski definition) is 2. The normalized spacial score (nSPS) is 13.2. The Kier molecular flexibility index (Phi) is 17.3. The van der Waals surface area contributed by atoms with Gasteiger partial charge >= 0.3 is 5.97 Å². The standard InChI is InChI=1S/C22H32O4/c1-2-3-4-5-6-7-8-9-10-11-12-13-14-15-16-17-18-21(26-25)19-20-22(23)24/h10-20,25H,2-9H2,1H3,(H,23,24). The molecule has 0 unspecified atom stereocenters. The summed E-state index contributed by atoms with van der Waals surface area (Å²) in [6.45, 7) is 2.24. The molecule has 0 aliphatic heterocycles. The number of rotatable bonds is 15. The molecule has 0 radical (unpaired) electrons. The molecule has 4 heteroatoms. The van der Waals surface area contributed by atoms with E-state index in [0.29, 0.717) is 0 Å². The minimum Gasteiger partial charge on any atom is -0.478 e. The van der Waals surface area contributed by atoms with Crippen LogP contribution in [0.1, 0.15) is 58.3 Å². The van der Waals surface area contributed by atoms with E-state index in [1.807, 2.05) is 24.3 Å². The minimum absolute atomic E-state index is 0.0425.